The number of imidazole rings is 1. The van der Waals surface area contributed by atoms with Crippen LogP contribution in [0.1, 0.15) is 0 Å². The van der Waals surface area contributed by atoms with E-state index in [1.807, 2.05) is 12.1 Å². The number of aromatic nitrogens is 6. The number of nitro benzene ring substituents is 1. The van der Waals surface area contributed by atoms with E-state index in [9.17, 15) is 10.1 Å². The van der Waals surface area contributed by atoms with Crippen LogP contribution in [0.15, 0.2) is 42.5 Å². The standard InChI is InChI=1S/C14H9N7O2/c22-21(23)12-4-2-1-3-9(12)14-15-10-6-5-8(7-11(10)16-14)13-17-19-20-18-13/h1-7H,(H,15,16)(H,17,18,19,20). The molecule has 112 valence electrons. The number of fused-ring (bicyclic) bond motifs is 1. The summed E-state index contributed by atoms with van der Waals surface area (Å²) in [7, 11) is 0. The molecule has 2 heterocycles. The number of nitro groups is 1. The Labute approximate surface area is 128 Å². The van der Waals surface area contributed by atoms with E-state index in [2.05, 4.69) is 30.6 Å². The number of nitrogens with zero attached hydrogens (tertiary/aromatic N) is 5. The second-order valence-electron chi connectivity index (χ2n) is 4.83. The molecule has 4 aromatic rings. The third kappa shape index (κ3) is 2.20. The van der Waals surface area contributed by atoms with Gasteiger partial charge in [0.1, 0.15) is 5.82 Å². The van der Waals surface area contributed by atoms with Gasteiger partial charge in [-0.05, 0) is 29.5 Å². The number of rotatable bonds is 3. The maximum atomic E-state index is 11.2. The van der Waals surface area contributed by atoms with Gasteiger partial charge in [0.2, 0.25) is 5.82 Å². The normalized spacial score (nSPS) is 11.0. The summed E-state index contributed by atoms with van der Waals surface area (Å²) in [6.07, 6.45) is 0. The first kappa shape index (κ1) is 13.1. The lowest BCUT2D eigenvalue weighted by atomic mass is 10.2. The van der Waals surface area contributed by atoms with Gasteiger partial charge in [-0.3, -0.25) is 10.1 Å². The van der Waals surface area contributed by atoms with Crippen molar-refractivity contribution in [3.63, 3.8) is 0 Å². The summed E-state index contributed by atoms with van der Waals surface area (Å²) in [5.41, 5.74) is 2.65. The molecular weight excluding hydrogens is 298 g/mol. The summed E-state index contributed by atoms with van der Waals surface area (Å²) in [4.78, 5) is 18.3. The lowest BCUT2D eigenvalue weighted by molar-refractivity contribution is -0.384. The highest BCUT2D eigenvalue weighted by molar-refractivity contribution is 5.84. The van der Waals surface area contributed by atoms with Crippen molar-refractivity contribution in [2.45, 2.75) is 0 Å². The minimum atomic E-state index is -0.423. The fourth-order valence-corrected chi connectivity index (χ4v) is 2.39. The second kappa shape index (κ2) is 4.98. The van der Waals surface area contributed by atoms with E-state index < -0.39 is 4.92 Å². The lowest BCUT2D eigenvalue weighted by Crippen LogP contribution is -1.92. The number of para-hydroxylation sites is 1. The van der Waals surface area contributed by atoms with Crippen molar-refractivity contribution >= 4 is 16.7 Å². The van der Waals surface area contributed by atoms with E-state index >= 15 is 0 Å². The molecule has 9 nitrogen and oxygen atoms in total. The van der Waals surface area contributed by atoms with E-state index in [0.29, 0.717) is 22.7 Å². The summed E-state index contributed by atoms with van der Waals surface area (Å²) in [6.45, 7) is 0. The minimum absolute atomic E-state index is 0.00458. The number of aromatic amines is 2. The third-order valence-electron chi connectivity index (χ3n) is 3.44. The highest BCUT2D eigenvalue weighted by atomic mass is 16.6. The monoisotopic (exact) mass is 307 g/mol. The van der Waals surface area contributed by atoms with Gasteiger partial charge in [0.25, 0.3) is 5.69 Å². The molecule has 2 aromatic heterocycles. The first-order valence-electron chi connectivity index (χ1n) is 6.70. The van der Waals surface area contributed by atoms with Crippen molar-refractivity contribution in [2.24, 2.45) is 0 Å². The zero-order valence-electron chi connectivity index (χ0n) is 11.6. The predicted molar refractivity (Wildman–Crippen MR) is 81.4 cm³/mol. The molecule has 2 N–H and O–H groups in total. The molecule has 0 atom stereocenters. The van der Waals surface area contributed by atoms with Gasteiger partial charge in [-0.15, -0.1) is 10.2 Å². The molecule has 0 saturated heterocycles. The number of tetrazole rings is 1. The van der Waals surface area contributed by atoms with Crippen LogP contribution in [0.3, 0.4) is 0 Å². The molecule has 0 aliphatic heterocycles. The van der Waals surface area contributed by atoms with Crippen LogP contribution in [0.2, 0.25) is 0 Å². The zero-order valence-corrected chi connectivity index (χ0v) is 11.6. The molecule has 0 spiro atoms. The predicted octanol–water partition coefficient (Wildman–Crippen LogP) is 2.32. The van der Waals surface area contributed by atoms with Crippen molar-refractivity contribution in [2.75, 3.05) is 0 Å². The molecule has 0 unspecified atom stereocenters. The van der Waals surface area contributed by atoms with E-state index in [0.717, 1.165) is 11.1 Å². The summed E-state index contributed by atoms with van der Waals surface area (Å²) in [6, 6.07) is 11.9. The molecule has 23 heavy (non-hydrogen) atoms. The quantitative estimate of drug-likeness (QED) is 0.442. The van der Waals surface area contributed by atoms with Crippen LogP contribution in [0.5, 0.6) is 0 Å². The number of hydrogen-bond donors (Lipinski definition) is 2. The van der Waals surface area contributed by atoms with Gasteiger partial charge in [0.15, 0.2) is 0 Å². The first-order chi connectivity index (χ1) is 11.2. The Bertz CT molecular complexity index is 1010. The molecule has 0 fully saturated rings. The molecule has 0 aliphatic rings. The molecule has 0 amide bonds. The van der Waals surface area contributed by atoms with E-state index in [4.69, 9.17) is 0 Å². The van der Waals surface area contributed by atoms with Crippen LogP contribution in [0, 0.1) is 10.1 Å². The van der Waals surface area contributed by atoms with Crippen LogP contribution < -0.4 is 0 Å². The highest BCUT2D eigenvalue weighted by Crippen LogP contribution is 2.29. The average Bonchev–Trinajstić information content (AvgIpc) is 3.23. The molecule has 0 bridgehead atoms. The number of benzene rings is 2. The van der Waals surface area contributed by atoms with Gasteiger partial charge in [-0.25, -0.2) is 4.98 Å². The van der Waals surface area contributed by atoms with Gasteiger partial charge < -0.3 is 4.98 Å². The van der Waals surface area contributed by atoms with Gasteiger partial charge in [-0.2, -0.15) is 5.21 Å². The average molecular weight is 307 g/mol. The Morgan fingerprint density at radius 1 is 1.13 bits per heavy atom. The summed E-state index contributed by atoms with van der Waals surface area (Å²) >= 11 is 0. The summed E-state index contributed by atoms with van der Waals surface area (Å²) in [5.74, 6) is 0.909. The summed E-state index contributed by atoms with van der Waals surface area (Å²) in [5, 5.41) is 24.9. The Kier molecular flexibility index (Phi) is 2.83. The van der Waals surface area contributed by atoms with Gasteiger partial charge >= 0.3 is 0 Å². The van der Waals surface area contributed by atoms with Crippen molar-refractivity contribution in [1.82, 2.24) is 30.6 Å². The van der Waals surface area contributed by atoms with Crippen LogP contribution in [-0.2, 0) is 0 Å². The fourth-order valence-electron chi connectivity index (χ4n) is 2.39. The molecule has 0 saturated carbocycles. The van der Waals surface area contributed by atoms with Crippen LogP contribution in [0.4, 0.5) is 5.69 Å². The molecule has 2 aromatic carbocycles. The zero-order chi connectivity index (χ0) is 15.8. The summed E-state index contributed by atoms with van der Waals surface area (Å²) < 4.78 is 0. The van der Waals surface area contributed by atoms with E-state index in [1.54, 1.807) is 24.3 Å². The largest absolute Gasteiger partial charge is 0.338 e. The smallest absolute Gasteiger partial charge is 0.280 e. The van der Waals surface area contributed by atoms with Gasteiger partial charge in [0, 0.05) is 11.6 Å². The maximum Gasteiger partial charge on any atom is 0.280 e. The Morgan fingerprint density at radius 2 is 2.00 bits per heavy atom. The second-order valence-corrected chi connectivity index (χ2v) is 4.83. The third-order valence-corrected chi connectivity index (χ3v) is 3.44. The Hall–Kier alpha value is -3.62. The van der Waals surface area contributed by atoms with Crippen LogP contribution >= 0.6 is 0 Å². The fraction of sp³-hybridized carbons (Fsp3) is 0. The molecule has 0 radical (unpaired) electrons. The lowest BCUT2D eigenvalue weighted by Gasteiger charge is -1.98. The Morgan fingerprint density at radius 3 is 2.78 bits per heavy atom. The van der Waals surface area contributed by atoms with Crippen molar-refractivity contribution in [3.05, 3.63) is 52.6 Å². The van der Waals surface area contributed by atoms with Crippen molar-refractivity contribution in [1.29, 1.82) is 0 Å². The van der Waals surface area contributed by atoms with Crippen molar-refractivity contribution < 1.29 is 4.92 Å². The van der Waals surface area contributed by atoms with Crippen LogP contribution in [0.25, 0.3) is 33.8 Å². The molecule has 9 heteroatoms. The SMILES string of the molecule is O=[N+]([O-])c1ccccc1-c1nc2ccc(-c3nn[nH]n3)cc2[nH]1. The molecular formula is C14H9N7O2. The number of hydrogen-bond acceptors (Lipinski definition) is 6. The van der Waals surface area contributed by atoms with E-state index in [-0.39, 0.29) is 5.69 Å². The van der Waals surface area contributed by atoms with Crippen LogP contribution in [-0.4, -0.2) is 35.5 Å². The van der Waals surface area contributed by atoms with Gasteiger partial charge in [-0.1, -0.05) is 12.1 Å². The first-order valence-corrected chi connectivity index (χ1v) is 6.70. The molecule has 4 rings (SSSR count). The maximum absolute atomic E-state index is 11.2. The number of H-pyrrole nitrogens is 2. The molecule has 0 aliphatic carbocycles. The minimum Gasteiger partial charge on any atom is -0.338 e. The topological polar surface area (TPSA) is 126 Å². The van der Waals surface area contributed by atoms with Gasteiger partial charge in [0.05, 0.1) is 21.5 Å². The Balaban J connectivity index is 1.85. The van der Waals surface area contributed by atoms with Crippen molar-refractivity contribution in [3.8, 4) is 22.8 Å². The highest BCUT2D eigenvalue weighted by Gasteiger charge is 2.17. The van der Waals surface area contributed by atoms with E-state index in [1.165, 1.54) is 6.07 Å². The number of nitrogens with one attached hydrogen (secondary N) is 2.